The highest BCUT2D eigenvalue weighted by Gasteiger charge is 2.40. The zero-order valence-corrected chi connectivity index (χ0v) is 15.2. The minimum Gasteiger partial charge on any atom is -0.389 e. The van der Waals surface area contributed by atoms with Gasteiger partial charge in [-0.15, -0.1) is 0 Å². The summed E-state index contributed by atoms with van der Waals surface area (Å²) in [7, 11) is 0. The van der Waals surface area contributed by atoms with Crippen LogP contribution in [0.5, 0.6) is 0 Å². The molecular formula is C18H26F3N3O3. The van der Waals surface area contributed by atoms with Gasteiger partial charge in [0.1, 0.15) is 6.10 Å². The summed E-state index contributed by atoms with van der Waals surface area (Å²) >= 11 is 0. The molecule has 0 aromatic carbocycles. The summed E-state index contributed by atoms with van der Waals surface area (Å²) in [5.74, 6) is 0.0946. The number of halogens is 3. The minimum absolute atomic E-state index is 0.0943. The molecule has 1 aromatic rings. The van der Waals surface area contributed by atoms with E-state index >= 15 is 0 Å². The van der Waals surface area contributed by atoms with Gasteiger partial charge in [-0.1, -0.05) is 0 Å². The van der Waals surface area contributed by atoms with E-state index in [0.29, 0.717) is 19.6 Å². The summed E-state index contributed by atoms with van der Waals surface area (Å²) in [6.07, 6.45) is -3.67. The molecule has 2 aliphatic rings. The van der Waals surface area contributed by atoms with E-state index in [-0.39, 0.29) is 24.2 Å². The number of β-amino-alcohol motifs (C(OH)–C–C–N with tert-alkyl or cyclic N) is 1. The predicted octanol–water partition coefficient (Wildman–Crippen LogP) is 1.10. The van der Waals surface area contributed by atoms with Crippen molar-refractivity contribution in [1.82, 2.24) is 9.88 Å². The molecule has 3 N–H and O–H groups in total. The number of hydrogen-bond acceptors (Lipinski definition) is 6. The van der Waals surface area contributed by atoms with Crippen LogP contribution in [0, 0.1) is 5.92 Å². The lowest BCUT2D eigenvalue weighted by atomic mass is 9.91. The van der Waals surface area contributed by atoms with Crippen molar-refractivity contribution in [2.75, 3.05) is 31.1 Å². The monoisotopic (exact) mass is 389 g/mol. The molecule has 0 amide bonds. The van der Waals surface area contributed by atoms with Gasteiger partial charge in [0, 0.05) is 38.4 Å². The largest absolute Gasteiger partial charge is 0.418 e. The van der Waals surface area contributed by atoms with E-state index in [1.54, 1.807) is 11.8 Å². The van der Waals surface area contributed by atoms with Crippen LogP contribution in [-0.2, 0) is 6.18 Å². The summed E-state index contributed by atoms with van der Waals surface area (Å²) in [4.78, 5) is 7.50. The molecule has 0 saturated carbocycles. The normalized spacial score (nSPS) is 33.3. The van der Waals surface area contributed by atoms with Gasteiger partial charge in [-0.3, -0.25) is 9.88 Å². The third kappa shape index (κ3) is 4.37. The molecule has 0 unspecified atom stereocenters. The number of aromatic nitrogens is 1. The first-order valence-corrected chi connectivity index (χ1v) is 9.23. The second-order valence-electron chi connectivity index (χ2n) is 7.59. The number of pyridine rings is 1. The molecule has 0 radical (unpaired) electrons. The molecule has 9 heteroatoms. The molecule has 2 aliphatic heterocycles. The van der Waals surface area contributed by atoms with E-state index in [1.807, 2.05) is 4.90 Å². The molecule has 5 atom stereocenters. The lowest BCUT2D eigenvalue weighted by Crippen LogP contribution is -2.61. The molecule has 27 heavy (non-hydrogen) atoms. The molecule has 0 aliphatic carbocycles. The van der Waals surface area contributed by atoms with Crippen LogP contribution in [0.25, 0.3) is 0 Å². The predicted molar refractivity (Wildman–Crippen MR) is 93.2 cm³/mol. The smallest absolute Gasteiger partial charge is 0.389 e. The molecule has 0 spiro atoms. The Bertz CT molecular complexity index is 646. The van der Waals surface area contributed by atoms with E-state index < -0.39 is 30.1 Å². The van der Waals surface area contributed by atoms with Crippen LogP contribution in [0.3, 0.4) is 0 Å². The van der Waals surface area contributed by atoms with Crippen molar-refractivity contribution in [3.8, 4) is 0 Å². The number of aliphatic hydroxyl groups excluding tert-OH is 3. The molecule has 152 valence electrons. The van der Waals surface area contributed by atoms with Crippen molar-refractivity contribution in [3.05, 3.63) is 24.0 Å². The lowest BCUT2D eigenvalue weighted by Gasteiger charge is -2.45. The second-order valence-corrected chi connectivity index (χ2v) is 7.59. The zero-order valence-electron chi connectivity index (χ0n) is 15.2. The van der Waals surface area contributed by atoms with Crippen LogP contribution in [0.4, 0.5) is 18.9 Å². The first kappa shape index (κ1) is 20.3. The Morgan fingerprint density at radius 3 is 2.63 bits per heavy atom. The van der Waals surface area contributed by atoms with Crippen LogP contribution in [-0.4, -0.2) is 75.7 Å². The Morgan fingerprint density at radius 1 is 1.19 bits per heavy atom. The summed E-state index contributed by atoms with van der Waals surface area (Å²) in [6.45, 7) is 3.54. The fourth-order valence-corrected chi connectivity index (χ4v) is 4.13. The van der Waals surface area contributed by atoms with E-state index in [9.17, 15) is 28.5 Å². The van der Waals surface area contributed by atoms with Crippen molar-refractivity contribution in [3.63, 3.8) is 0 Å². The van der Waals surface area contributed by atoms with Gasteiger partial charge in [-0.25, -0.2) is 0 Å². The standard InChI is InChI=1S/C18H26F3N3O3/c1-11-16(26)17(27)15(25)10-24(11)9-12-3-2-6-23(8-12)14-7-22-5-4-13(14)18(19,20)21/h4-5,7,11-12,15-17,25-27H,2-3,6,8-10H2,1H3/t11-,12+,15+,16-,17-/m1/s1. The number of anilines is 1. The maximum absolute atomic E-state index is 13.3. The van der Waals surface area contributed by atoms with Gasteiger partial charge in [0.05, 0.1) is 29.7 Å². The highest BCUT2D eigenvalue weighted by atomic mass is 19.4. The van der Waals surface area contributed by atoms with Gasteiger partial charge < -0.3 is 20.2 Å². The molecule has 3 rings (SSSR count). The molecular weight excluding hydrogens is 363 g/mol. The van der Waals surface area contributed by atoms with Gasteiger partial charge in [0.2, 0.25) is 0 Å². The fourth-order valence-electron chi connectivity index (χ4n) is 4.13. The number of nitrogens with zero attached hydrogens (tertiary/aromatic N) is 3. The highest BCUT2D eigenvalue weighted by Crippen LogP contribution is 2.37. The van der Waals surface area contributed by atoms with Crippen molar-refractivity contribution in [1.29, 1.82) is 0 Å². The number of alkyl halides is 3. The Balaban J connectivity index is 1.71. The van der Waals surface area contributed by atoms with Crippen LogP contribution in [0.15, 0.2) is 18.5 Å². The number of hydrogen-bond donors (Lipinski definition) is 3. The molecule has 0 bridgehead atoms. The molecule has 6 nitrogen and oxygen atoms in total. The third-order valence-corrected chi connectivity index (χ3v) is 5.69. The lowest BCUT2D eigenvalue weighted by molar-refractivity contribution is -0.137. The fraction of sp³-hybridized carbons (Fsp3) is 0.722. The number of aliphatic hydroxyl groups is 3. The van der Waals surface area contributed by atoms with Crippen molar-refractivity contribution in [2.24, 2.45) is 5.92 Å². The summed E-state index contributed by atoms with van der Waals surface area (Å²) in [5.41, 5.74) is -0.588. The average Bonchev–Trinajstić information content (AvgIpc) is 2.64. The SMILES string of the molecule is C[C@@H]1[C@@H](O)[C@H](O)[C@@H](O)CN1C[C@H]1CCCN(c2cnccc2C(F)(F)F)C1. The minimum atomic E-state index is -4.43. The van der Waals surface area contributed by atoms with E-state index in [2.05, 4.69) is 4.98 Å². The second kappa shape index (κ2) is 7.90. The Kier molecular flexibility index (Phi) is 5.95. The maximum atomic E-state index is 13.3. The number of piperidine rings is 2. The number of rotatable bonds is 3. The molecule has 2 fully saturated rings. The van der Waals surface area contributed by atoms with Crippen molar-refractivity contribution < 1.29 is 28.5 Å². The highest BCUT2D eigenvalue weighted by molar-refractivity contribution is 5.53. The van der Waals surface area contributed by atoms with Gasteiger partial charge in [0.25, 0.3) is 0 Å². The summed E-state index contributed by atoms with van der Waals surface area (Å²) < 4.78 is 39.9. The van der Waals surface area contributed by atoms with Crippen LogP contribution >= 0.6 is 0 Å². The third-order valence-electron chi connectivity index (χ3n) is 5.69. The van der Waals surface area contributed by atoms with E-state index in [1.165, 1.54) is 6.20 Å². The van der Waals surface area contributed by atoms with Gasteiger partial charge in [-0.05, 0) is 31.7 Å². The first-order chi connectivity index (χ1) is 12.7. The van der Waals surface area contributed by atoms with Gasteiger partial charge >= 0.3 is 6.18 Å². The van der Waals surface area contributed by atoms with Crippen LogP contribution in [0.2, 0.25) is 0 Å². The zero-order chi connectivity index (χ0) is 19.8. The Hall–Kier alpha value is -1.42. The van der Waals surface area contributed by atoms with Crippen LogP contribution < -0.4 is 4.90 Å². The van der Waals surface area contributed by atoms with Crippen LogP contribution in [0.1, 0.15) is 25.3 Å². The topological polar surface area (TPSA) is 80.1 Å². The van der Waals surface area contributed by atoms with E-state index in [4.69, 9.17) is 0 Å². The average molecular weight is 389 g/mol. The number of likely N-dealkylation sites (tertiary alicyclic amines) is 1. The molecule has 2 saturated heterocycles. The summed E-state index contributed by atoms with van der Waals surface area (Å²) in [6, 6.07) is 0.669. The van der Waals surface area contributed by atoms with Crippen molar-refractivity contribution >= 4 is 5.69 Å². The maximum Gasteiger partial charge on any atom is 0.418 e. The summed E-state index contributed by atoms with van der Waals surface area (Å²) in [5, 5.41) is 29.8. The van der Waals surface area contributed by atoms with Gasteiger partial charge in [0.15, 0.2) is 0 Å². The van der Waals surface area contributed by atoms with Crippen molar-refractivity contribution in [2.45, 2.75) is 50.3 Å². The van der Waals surface area contributed by atoms with E-state index in [0.717, 1.165) is 25.1 Å². The molecule has 3 heterocycles. The Morgan fingerprint density at radius 2 is 1.93 bits per heavy atom. The Labute approximate surface area is 156 Å². The first-order valence-electron chi connectivity index (χ1n) is 9.23. The quantitative estimate of drug-likeness (QED) is 0.719. The molecule has 1 aromatic heterocycles. The van der Waals surface area contributed by atoms with Gasteiger partial charge in [-0.2, -0.15) is 13.2 Å².